The van der Waals surface area contributed by atoms with Crippen molar-refractivity contribution < 1.29 is 17.9 Å². The van der Waals surface area contributed by atoms with Gasteiger partial charge >= 0.3 is 6.18 Å². The Bertz CT molecular complexity index is 1100. The van der Waals surface area contributed by atoms with Gasteiger partial charge in [0.1, 0.15) is 18.4 Å². The third-order valence-corrected chi connectivity index (χ3v) is 4.48. The Morgan fingerprint density at radius 3 is 2.67 bits per heavy atom. The molecule has 0 fully saturated rings. The van der Waals surface area contributed by atoms with Crippen LogP contribution in [-0.4, -0.2) is 26.7 Å². The van der Waals surface area contributed by atoms with Crippen LogP contribution in [0.25, 0.3) is 16.8 Å². The first-order valence-electron chi connectivity index (χ1n) is 9.38. The minimum absolute atomic E-state index is 0.0499. The SMILES string of the molecule is CC(C)C[C@](C)(N)COc1ccc(-c2c(C(F)(F)F)nn3cccnc23)cc1C#N. The van der Waals surface area contributed by atoms with Crippen molar-refractivity contribution in [2.45, 2.75) is 38.9 Å². The van der Waals surface area contributed by atoms with E-state index in [1.54, 1.807) is 0 Å². The Hall–Kier alpha value is -3.12. The molecule has 3 rings (SSSR count). The maximum Gasteiger partial charge on any atom is 0.435 e. The summed E-state index contributed by atoms with van der Waals surface area (Å²) in [6.07, 6.45) is -1.18. The van der Waals surface area contributed by atoms with E-state index in [4.69, 9.17) is 10.5 Å². The first-order chi connectivity index (χ1) is 14.0. The number of fused-ring (bicyclic) bond motifs is 1. The molecule has 30 heavy (non-hydrogen) atoms. The monoisotopic (exact) mass is 417 g/mol. The minimum Gasteiger partial charge on any atom is -0.490 e. The molecule has 2 aromatic heterocycles. The average molecular weight is 417 g/mol. The Labute approximate surface area is 172 Å². The Morgan fingerprint density at radius 1 is 1.30 bits per heavy atom. The van der Waals surface area contributed by atoms with Crippen molar-refractivity contribution in [3.8, 4) is 22.9 Å². The lowest BCUT2D eigenvalue weighted by Gasteiger charge is -2.26. The highest BCUT2D eigenvalue weighted by atomic mass is 19.4. The van der Waals surface area contributed by atoms with Gasteiger partial charge in [-0.1, -0.05) is 19.9 Å². The maximum absolute atomic E-state index is 13.6. The largest absolute Gasteiger partial charge is 0.490 e. The second-order valence-corrected chi connectivity index (χ2v) is 7.97. The number of nitrogens with two attached hydrogens (primary N) is 1. The molecule has 1 aromatic carbocycles. The molecular weight excluding hydrogens is 395 g/mol. The zero-order valence-corrected chi connectivity index (χ0v) is 16.9. The molecule has 0 saturated heterocycles. The van der Waals surface area contributed by atoms with Gasteiger partial charge in [0.2, 0.25) is 0 Å². The van der Waals surface area contributed by atoms with Crippen molar-refractivity contribution in [2.24, 2.45) is 11.7 Å². The highest BCUT2D eigenvalue weighted by Crippen LogP contribution is 2.39. The van der Waals surface area contributed by atoms with Crippen molar-refractivity contribution in [2.75, 3.05) is 6.61 Å². The van der Waals surface area contributed by atoms with Gasteiger partial charge < -0.3 is 10.5 Å². The molecule has 0 unspecified atom stereocenters. The summed E-state index contributed by atoms with van der Waals surface area (Å²) >= 11 is 0. The zero-order chi connectivity index (χ0) is 22.1. The normalized spacial score (nSPS) is 14.0. The summed E-state index contributed by atoms with van der Waals surface area (Å²) in [6, 6.07) is 7.77. The summed E-state index contributed by atoms with van der Waals surface area (Å²) in [5.41, 5.74) is 4.73. The van der Waals surface area contributed by atoms with E-state index in [-0.39, 0.29) is 34.7 Å². The van der Waals surface area contributed by atoms with Gasteiger partial charge in [0.05, 0.1) is 11.1 Å². The van der Waals surface area contributed by atoms with Gasteiger partial charge in [-0.05, 0) is 43.0 Å². The van der Waals surface area contributed by atoms with Crippen LogP contribution in [0.5, 0.6) is 5.75 Å². The summed E-state index contributed by atoms with van der Waals surface area (Å²) in [7, 11) is 0. The van der Waals surface area contributed by atoms with Gasteiger partial charge in [-0.25, -0.2) is 9.50 Å². The molecule has 3 aromatic rings. The molecule has 9 heteroatoms. The molecule has 1 atom stereocenters. The fourth-order valence-electron chi connectivity index (χ4n) is 3.48. The van der Waals surface area contributed by atoms with Crippen LogP contribution in [0.2, 0.25) is 0 Å². The van der Waals surface area contributed by atoms with Gasteiger partial charge in [-0.15, -0.1) is 0 Å². The van der Waals surface area contributed by atoms with E-state index in [9.17, 15) is 18.4 Å². The molecule has 0 aliphatic heterocycles. The second kappa shape index (κ2) is 7.95. The van der Waals surface area contributed by atoms with Crippen molar-refractivity contribution in [1.82, 2.24) is 14.6 Å². The van der Waals surface area contributed by atoms with Crippen LogP contribution >= 0.6 is 0 Å². The average Bonchev–Trinajstić information content (AvgIpc) is 3.05. The predicted molar refractivity (Wildman–Crippen MR) is 106 cm³/mol. The van der Waals surface area contributed by atoms with E-state index in [1.165, 1.54) is 36.7 Å². The molecule has 0 aliphatic rings. The molecular formula is C21H22F3N5O. The molecule has 0 bridgehead atoms. The van der Waals surface area contributed by atoms with Crippen LogP contribution < -0.4 is 10.5 Å². The van der Waals surface area contributed by atoms with E-state index in [1.807, 2.05) is 26.8 Å². The van der Waals surface area contributed by atoms with Crippen molar-refractivity contribution in [3.63, 3.8) is 0 Å². The third-order valence-electron chi connectivity index (χ3n) is 4.48. The number of hydrogen-bond acceptors (Lipinski definition) is 5. The number of benzene rings is 1. The van der Waals surface area contributed by atoms with Crippen LogP contribution in [0.4, 0.5) is 13.2 Å². The van der Waals surface area contributed by atoms with Crippen LogP contribution in [0.1, 0.15) is 38.4 Å². The first-order valence-corrected chi connectivity index (χ1v) is 9.38. The standard InChI is InChI=1S/C21H22F3N5O/c1-13(2)10-20(3,26)12-30-16-6-5-14(9-15(16)11-25)17-18(21(22,23)24)28-29-8-4-7-27-19(17)29/h4-9,13H,10,12,26H2,1-3H3/t20-/m0/s1. The summed E-state index contributed by atoms with van der Waals surface area (Å²) in [6.45, 7) is 6.12. The second-order valence-electron chi connectivity index (χ2n) is 7.97. The highest BCUT2D eigenvalue weighted by Gasteiger charge is 2.39. The zero-order valence-electron chi connectivity index (χ0n) is 16.9. The van der Waals surface area contributed by atoms with E-state index < -0.39 is 17.4 Å². The molecule has 0 saturated carbocycles. The van der Waals surface area contributed by atoms with Crippen molar-refractivity contribution >= 4 is 5.65 Å². The van der Waals surface area contributed by atoms with Gasteiger partial charge in [0.15, 0.2) is 11.3 Å². The van der Waals surface area contributed by atoms with Gasteiger partial charge in [-0.2, -0.15) is 23.5 Å². The Balaban J connectivity index is 2.01. The first kappa shape index (κ1) is 21.6. The number of nitrogens with zero attached hydrogens (tertiary/aromatic N) is 4. The number of aromatic nitrogens is 3. The summed E-state index contributed by atoms with van der Waals surface area (Å²) in [5, 5.41) is 13.2. The molecule has 2 heterocycles. The van der Waals surface area contributed by atoms with Gasteiger partial charge in [0.25, 0.3) is 0 Å². The van der Waals surface area contributed by atoms with Crippen LogP contribution in [0, 0.1) is 17.2 Å². The fourth-order valence-corrected chi connectivity index (χ4v) is 3.48. The number of alkyl halides is 3. The molecule has 0 radical (unpaired) electrons. The van der Waals surface area contributed by atoms with Crippen molar-refractivity contribution in [3.05, 3.63) is 47.9 Å². The summed E-state index contributed by atoms with van der Waals surface area (Å²) in [4.78, 5) is 4.04. The number of rotatable bonds is 6. The molecule has 0 amide bonds. The fraction of sp³-hybridized carbons (Fsp3) is 0.381. The number of nitriles is 1. The lowest BCUT2D eigenvalue weighted by molar-refractivity contribution is -0.140. The lowest BCUT2D eigenvalue weighted by atomic mass is 9.93. The molecule has 6 nitrogen and oxygen atoms in total. The molecule has 2 N–H and O–H groups in total. The van der Waals surface area contributed by atoms with E-state index in [0.29, 0.717) is 5.92 Å². The lowest BCUT2D eigenvalue weighted by Crippen LogP contribution is -2.43. The Morgan fingerprint density at radius 2 is 2.03 bits per heavy atom. The summed E-state index contributed by atoms with van der Waals surface area (Å²) in [5.74, 6) is 0.630. The van der Waals surface area contributed by atoms with Crippen molar-refractivity contribution in [1.29, 1.82) is 5.26 Å². The Kier molecular flexibility index (Phi) is 5.72. The quantitative estimate of drug-likeness (QED) is 0.641. The van der Waals surface area contributed by atoms with Crippen LogP contribution in [0.15, 0.2) is 36.7 Å². The summed E-state index contributed by atoms with van der Waals surface area (Å²) < 4.78 is 47.6. The van der Waals surface area contributed by atoms with Crippen LogP contribution in [-0.2, 0) is 6.18 Å². The van der Waals surface area contributed by atoms with E-state index in [0.717, 1.165) is 10.9 Å². The highest BCUT2D eigenvalue weighted by molar-refractivity contribution is 5.81. The predicted octanol–water partition coefficient (Wildman–Crippen LogP) is 4.43. The minimum atomic E-state index is -4.68. The molecule has 0 spiro atoms. The molecule has 0 aliphatic carbocycles. The maximum atomic E-state index is 13.6. The topological polar surface area (TPSA) is 89.2 Å². The number of halogens is 3. The number of hydrogen-bond donors (Lipinski definition) is 1. The van der Waals surface area contributed by atoms with E-state index in [2.05, 4.69) is 10.1 Å². The molecule has 158 valence electrons. The van der Waals surface area contributed by atoms with Gasteiger partial charge in [-0.3, -0.25) is 0 Å². The smallest absolute Gasteiger partial charge is 0.435 e. The third kappa shape index (κ3) is 4.54. The van der Waals surface area contributed by atoms with Crippen LogP contribution in [0.3, 0.4) is 0 Å². The number of ether oxygens (including phenoxy) is 1. The van der Waals surface area contributed by atoms with Gasteiger partial charge in [0, 0.05) is 17.9 Å². The van der Waals surface area contributed by atoms with E-state index >= 15 is 0 Å².